The van der Waals surface area contributed by atoms with Crippen molar-refractivity contribution < 1.29 is 0 Å². The second-order valence-corrected chi connectivity index (χ2v) is 5.60. The van der Waals surface area contributed by atoms with E-state index in [1.54, 1.807) is 17.9 Å². The first-order valence-electron chi connectivity index (χ1n) is 7.45. The van der Waals surface area contributed by atoms with Crippen LogP contribution >= 0.6 is 0 Å². The molecule has 0 bridgehead atoms. The molecule has 1 saturated carbocycles. The van der Waals surface area contributed by atoms with E-state index in [-0.39, 0.29) is 0 Å². The minimum atomic E-state index is 0.436. The molecule has 3 rings (SSSR count). The Balaban J connectivity index is 1.82. The third-order valence-electron chi connectivity index (χ3n) is 3.83. The van der Waals surface area contributed by atoms with E-state index in [0.717, 1.165) is 12.3 Å². The molecule has 1 aliphatic rings. The minimum Gasteiger partial charge on any atom is -0.357 e. The van der Waals surface area contributed by atoms with Gasteiger partial charge in [-0.1, -0.05) is 19.8 Å². The van der Waals surface area contributed by atoms with Crippen molar-refractivity contribution in [2.24, 2.45) is 5.92 Å². The van der Waals surface area contributed by atoms with Crippen molar-refractivity contribution in [2.45, 2.75) is 38.6 Å². The van der Waals surface area contributed by atoms with Gasteiger partial charge in [0, 0.05) is 25.5 Å². The Morgan fingerprint density at radius 1 is 1.19 bits per heavy atom. The normalized spacial score (nSPS) is 22.0. The molecule has 0 spiro atoms. The van der Waals surface area contributed by atoms with Crippen LogP contribution in [0.4, 0.5) is 11.9 Å². The van der Waals surface area contributed by atoms with Gasteiger partial charge in [-0.3, -0.25) is 0 Å². The molecule has 0 saturated heterocycles. The fourth-order valence-electron chi connectivity index (χ4n) is 2.78. The number of hydrogen-bond donors (Lipinski definition) is 2. The molecule has 0 aliphatic heterocycles. The maximum Gasteiger partial charge on any atom is 0.257 e. The highest BCUT2D eigenvalue weighted by Crippen LogP contribution is 2.25. The van der Waals surface area contributed by atoms with Gasteiger partial charge in [-0.15, -0.1) is 0 Å². The van der Waals surface area contributed by atoms with Crippen molar-refractivity contribution in [1.82, 2.24) is 24.7 Å². The van der Waals surface area contributed by atoms with E-state index >= 15 is 0 Å². The first-order valence-corrected chi connectivity index (χ1v) is 7.45. The molecule has 0 aromatic carbocycles. The first kappa shape index (κ1) is 13.8. The summed E-state index contributed by atoms with van der Waals surface area (Å²) in [5.74, 6) is 2.43. The van der Waals surface area contributed by atoms with Gasteiger partial charge in [0.25, 0.3) is 5.95 Å². The van der Waals surface area contributed by atoms with Crippen LogP contribution in [0.3, 0.4) is 0 Å². The summed E-state index contributed by atoms with van der Waals surface area (Å²) in [4.78, 5) is 13.2. The van der Waals surface area contributed by atoms with Gasteiger partial charge in [-0.05, 0) is 24.8 Å². The zero-order valence-electron chi connectivity index (χ0n) is 12.5. The standard InChI is InChI=1S/C14H21N7/c1-10-5-3-6-11(9-10)17-13-18-12(15-2)19-14(20-13)21-8-4-7-16-21/h4,7-8,10-11H,3,5-6,9H2,1-2H3,(H2,15,17,18,19,20). The summed E-state index contributed by atoms with van der Waals surface area (Å²) in [5.41, 5.74) is 0. The quantitative estimate of drug-likeness (QED) is 0.896. The fraction of sp³-hybridized carbons (Fsp3) is 0.571. The van der Waals surface area contributed by atoms with E-state index in [9.17, 15) is 0 Å². The predicted octanol–water partition coefficient (Wildman–Crippen LogP) is 2.09. The molecule has 2 aromatic heterocycles. The zero-order valence-corrected chi connectivity index (χ0v) is 12.5. The Bertz CT molecular complexity index is 581. The van der Waals surface area contributed by atoms with Gasteiger partial charge in [0.15, 0.2) is 0 Å². The molecule has 2 atom stereocenters. The molecule has 1 aliphatic carbocycles. The largest absolute Gasteiger partial charge is 0.357 e. The van der Waals surface area contributed by atoms with Gasteiger partial charge in [-0.25, -0.2) is 4.68 Å². The molecule has 7 heteroatoms. The van der Waals surface area contributed by atoms with E-state index in [1.165, 1.54) is 19.3 Å². The Kier molecular flexibility index (Phi) is 3.98. The van der Waals surface area contributed by atoms with Crippen LogP contribution in [0, 0.1) is 5.92 Å². The molecule has 2 unspecified atom stereocenters. The molecule has 1 fully saturated rings. The molecule has 2 heterocycles. The number of nitrogens with zero attached hydrogens (tertiary/aromatic N) is 5. The monoisotopic (exact) mass is 287 g/mol. The molecule has 112 valence electrons. The smallest absolute Gasteiger partial charge is 0.257 e. The second-order valence-electron chi connectivity index (χ2n) is 5.60. The summed E-state index contributed by atoms with van der Waals surface area (Å²) in [6, 6.07) is 2.28. The second kappa shape index (κ2) is 6.07. The van der Waals surface area contributed by atoms with Gasteiger partial charge in [0.2, 0.25) is 11.9 Å². The first-order chi connectivity index (χ1) is 10.2. The molecule has 7 nitrogen and oxygen atoms in total. The van der Waals surface area contributed by atoms with Gasteiger partial charge < -0.3 is 10.6 Å². The summed E-state index contributed by atoms with van der Waals surface area (Å²) >= 11 is 0. The van der Waals surface area contributed by atoms with Crippen molar-refractivity contribution in [3.05, 3.63) is 18.5 Å². The highest BCUT2D eigenvalue weighted by Gasteiger charge is 2.20. The topological polar surface area (TPSA) is 80.5 Å². The van der Waals surface area contributed by atoms with Crippen LogP contribution in [0.15, 0.2) is 18.5 Å². The lowest BCUT2D eigenvalue weighted by Crippen LogP contribution is -2.27. The van der Waals surface area contributed by atoms with E-state index in [2.05, 4.69) is 37.6 Å². The summed E-state index contributed by atoms with van der Waals surface area (Å²) < 4.78 is 1.64. The summed E-state index contributed by atoms with van der Waals surface area (Å²) in [5, 5.41) is 10.6. The van der Waals surface area contributed by atoms with E-state index < -0.39 is 0 Å². The van der Waals surface area contributed by atoms with Crippen molar-refractivity contribution >= 4 is 11.9 Å². The maximum absolute atomic E-state index is 4.47. The Hall–Kier alpha value is -2.18. The van der Waals surface area contributed by atoms with Crippen molar-refractivity contribution in [3.63, 3.8) is 0 Å². The van der Waals surface area contributed by atoms with Crippen LogP contribution in [0.25, 0.3) is 5.95 Å². The van der Waals surface area contributed by atoms with Crippen LogP contribution in [0.2, 0.25) is 0 Å². The number of nitrogens with one attached hydrogen (secondary N) is 2. The van der Waals surface area contributed by atoms with Crippen molar-refractivity contribution in [3.8, 4) is 5.95 Å². The average Bonchev–Trinajstić information content (AvgIpc) is 3.01. The number of anilines is 2. The summed E-state index contributed by atoms with van der Waals surface area (Å²) in [6.45, 7) is 2.30. The molecule has 2 N–H and O–H groups in total. The Morgan fingerprint density at radius 3 is 2.76 bits per heavy atom. The van der Waals surface area contributed by atoms with Gasteiger partial charge in [-0.2, -0.15) is 20.1 Å². The number of rotatable bonds is 4. The minimum absolute atomic E-state index is 0.436. The van der Waals surface area contributed by atoms with E-state index in [0.29, 0.717) is 23.9 Å². The average molecular weight is 287 g/mol. The van der Waals surface area contributed by atoms with Crippen molar-refractivity contribution in [1.29, 1.82) is 0 Å². The van der Waals surface area contributed by atoms with Crippen LogP contribution in [0.1, 0.15) is 32.6 Å². The molecule has 0 amide bonds. The molecule has 0 radical (unpaired) electrons. The Labute approximate surface area is 124 Å². The zero-order chi connectivity index (χ0) is 14.7. The highest BCUT2D eigenvalue weighted by atomic mass is 15.4. The molecule has 2 aromatic rings. The van der Waals surface area contributed by atoms with Gasteiger partial charge in [0.1, 0.15) is 0 Å². The third-order valence-corrected chi connectivity index (χ3v) is 3.83. The summed E-state index contributed by atoms with van der Waals surface area (Å²) in [7, 11) is 1.80. The van der Waals surface area contributed by atoms with Gasteiger partial charge in [0.05, 0.1) is 0 Å². The fourth-order valence-corrected chi connectivity index (χ4v) is 2.78. The predicted molar refractivity (Wildman–Crippen MR) is 81.5 cm³/mol. The molecular weight excluding hydrogens is 266 g/mol. The highest BCUT2D eigenvalue weighted by molar-refractivity contribution is 5.38. The van der Waals surface area contributed by atoms with Crippen LogP contribution in [-0.4, -0.2) is 37.8 Å². The van der Waals surface area contributed by atoms with Crippen LogP contribution in [0.5, 0.6) is 0 Å². The lowest BCUT2D eigenvalue weighted by atomic mass is 9.87. The maximum atomic E-state index is 4.47. The third kappa shape index (κ3) is 3.29. The molecule has 21 heavy (non-hydrogen) atoms. The Morgan fingerprint density at radius 2 is 2.05 bits per heavy atom. The summed E-state index contributed by atoms with van der Waals surface area (Å²) in [6.07, 6.45) is 8.43. The SMILES string of the molecule is CNc1nc(NC2CCCC(C)C2)nc(-n2cccn2)n1. The number of hydrogen-bond acceptors (Lipinski definition) is 6. The van der Waals surface area contributed by atoms with E-state index in [1.807, 2.05) is 12.3 Å². The number of aromatic nitrogens is 5. The van der Waals surface area contributed by atoms with Crippen LogP contribution in [-0.2, 0) is 0 Å². The van der Waals surface area contributed by atoms with Gasteiger partial charge >= 0.3 is 0 Å². The lowest BCUT2D eigenvalue weighted by molar-refractivity contribution is 0.357. The van der Waals surface area contributed by atoms with E-state index in [4.69, 9.17) is 0 Å². The van der Waals surface area contributed by atoms with Crippen molar-refractivity contribution in [2.75, 3.05) is 17.7 Å². The van der Waals surface area contributed by atoms with Crippen LogP contribution < -0.4 is 10.6 Å². The molecular formula is C14H21N7. The lowest BCUT2D eigenvalue weighted by Gasteiger charge is -2.27.